The van der Waals surface area contributed by atoms with Gasteiger partial charge in [-0.3, -0.25) is 14.7 Å². The van der Waals surface area contributed by atoms with Crippen LogP contribution in [-0.4, -0.2) is 41.6 Å². The topological polar surface area (TPSA) is 90.1 Å². The highest BCUT2D eigenvalue weighted by Gasteiger charge is 2.26. The zero-order valence-electron chi connectivity index (χ0n) is 13.3. The van der Waals surface area contributed by atoms with Gasteiger partial charge in [0, 0.05) is 43.0 Å². The predicted octanol–water partition coefficient (Wildman–Crippen LogP) is 0.374. The van der Waals surface area contributed by atoms with Crippen LogP contribution in [0.3, 0.4) is 0 Å². The van der Waals surface area contributed by atoms with Crippen molar-refractivity contribution in [2.75, 3.05) is 24.5 Å². The molecule has 0 radical (unpaired) electrons. The number of para-hydroxylation sites is 1. The van der Waals surface area contributed by atoms with Crippen LogP contribution in [0.2, 0.25) is 0 Å². The molecule has 1 aromatic heterocycles. The zero-order chi connectivity index (χ0) is 16.5. The summed E-state index contributed by atoms with van der Waals surface area (Å²) in [6.07, 6.45) is 1.69. The molecule has 2 aliphatic rings. The summed E-state index contributed by atoms with van der Waals surface area (Å²) in [5.41, 5.74) is 4.39. The average molecular weight is 325 g/mol. The van der Waals surface area contributed by atoms with Crippen LogP contribution in [0.4, 0.5) is 5.69 Å². The Labute approximate surface area is 139 Å². The van der Waals surface area contributed by atoms with Crippen LogP contribution in [0, 0.1) is 0 Å². The first-order chi connectivity index (χ1) is 11.7. The quantitative estimate of drug-likeness (QED) is 0.761. The van der Waals surface area contributed by atoms with Crippen LogP contribution in [-0.2, 0) is 24.2 Å². The summed E-state index contributed by atoms with van der Waals surface area (Å²) in [6.45, 7) is 2.14. The van der Waals surface area contributed by atoms with Gasteiger partial charge in [-0.2, -0.15) is 5.10 Å². The maximum atomic E-state index is 12.4. The number of hydrogen-bond acceptors (Lipinski definition) is 4. The van der Waals surface area contributed by atoms with E-state index >= 15 is 0 Å². The van der Waals surface area contributed by atoms with Gasteiger partial charge in [-0.25, -0.2) is 0 Å². The highest BCUT2D eigenvalue weighted by atomic mass is 16.2. The van der Waals surface area contributed by atoms with Gasteiger partial charge in [0.15, 0.2) is 5.69 Å². The lowest BCUT2D eigenvalue weighted by atomic mass is 10.1. The number of aromatic amines is 1. The largest absolute Gasteiger partial charge is 0.342 e. The summed E-state index contributed by atoms with van der Waals surface area (Å²) >= 11 is 0. The second-order valence-electron chi connectivity index (χ2n) is 6.06. The first-order valence-electron chi connectivity index (χ1n) is 8.17. The molecule has 2 aromatic rings. The number of H-pyrrole nitrogens is 1. The van der Waals surface area contributed by atoms with Gasteiger partial charge in [-0.15, -0.1) is 0 Å². The molecule has 0 unspecified atom stereocenters. The third-order valence-corrected chi connectivity index (χ3v) is 4.61. The molecule has 0 atom stereocenters. The maximum Gasteiger partial charge on any atom is 0.272 e. The Bertz CT molecular complexity index is 798. The Morgan fingerprint density at radius 3 is 3.04 bits per heavy atom. The van der Waals surface area contributed by atoms with Crippen molar-refractivity contribution in [2.45, 2.75) is 19.4 Å². The highest BCUT2D eigenvalue weighted by molar-refractivity contribution is 6.01. The Morgan fingerprint density at radius 1 is 1.25 bits per heavy atom. The standard InChI is InChI=1S/C17H19N5O2/c23-15(22-8-6-11-3-1-2-4-14(11)22)10-19-17(24)16-12-9-18-7-5-13(12)20-21-16/h1-4,18H,5-10H2,(H,19,24)(H,20,21). The van der Waals surface area contributed by atoms with E-state index in [-0.39, 0.29) is 18.4 Å². The Morgan fingerprint density at radius 2 is 2.12 bits per heavy atom. The van der Waals surface area contributed by atoms with Crippen molar-refractivity contribution in [3.63, 3.8) is 0 Å². The summed E-state index contributed by atoms with van der Waals surface area (Å²) in [7, 11) is 0. The van der Waals surface area contributed by atoms with Crippen molar-refractivity contribution in [3.05, 3.63) is 46.8 Å². The molecule has 0 aliphatic carbocycles. The van der Waals surface area contributed by atoms with E-state index in [1.807, 2.05) is 24.3 Å². The average Bonchev–Trinajstić information content (AvgIpc) is 3.23. The molecule has 7 heteroatoms. The first-order valence-corrected chi connectivity index (χ1v) is 8.17. The van der Waals surface area contributed by atoms with Crippen LogP contribution in [0.15, 0.2) is 24.3 Å². The molecule has 0 saturated heterocycles. The first kappa shape index (κ1) is 14.9. The van der Waals surface area contributed by atoms with Gasteiger partial charge in [0.1, 0.15) is 0 Å². The third kappa shape index (κ3) is 2.56. The van der Waals surface area contributed by atoms with Gasteiger partial charge in [0.25, 0.3) is 5.91 Å². The van der Waals surface area contributed by atoms with Gasteiger partial charge in [-0.05, 0) is 18.1 Å². The van der Waals surface area contributed by atoms with Gasteiger partial charge in [0.05, 0.1) is 6.54 Å². The number of hydrogen-bond donors (Lipinski definition) is 3. The van der Waals surface area contributed by atoms with Crippen LogP contribution in [0.5, 0.6) is 0 Å². The molecule has 0 spiro atoms. The second kappa shape index (κ2) is 6.09. The number of benzene rings is 1. The second-order valence-corrected chi connectivity index (χ2v) is 6.06. The molecule has 0 fully saturated rings. The van der Waals surface area contributed by atoms with Gasteiger partial charge >= 0.3 is 0 Å². The molecular formula is C17H19N5O2. The summed E-state index contributed by atoms with van der Waals surface area (Å²) in [5, 5.41) is 13.0. The van der Waals surface area contributed by atoms with E-state index in [9.17, 15) is 9.59 Å². The molecule has 24 heavy (non-hydrogen) atoms. The van der Waals surface area contributed by atoms with Gasteiger partial charge in [-0.1, -0.05) is 18.2 Å². The van der Waals surface area contributed by atoms with E-state index in [0.29, 0.717) is 18.8 Å². The minimum absolute atomic E-state index is 0.0256. The fourth-order valence-electron chi connectivity index (χ4n) is 3.35. The minimum Gasteiger partial charge on any atom is -0.342 e. The maximum absolute atomic E-state index is 12.4. The smallest absolute Gasteiger partial charge is 0.272 e. The van der Waals surface area contributed by atoms with Crippen molar-refractivity contribution < 1.29 is 9.59 Å². The van der Waals surface area contributed by atoms with E-state index in [4.69, 9.17) is 0 Å². The van der Waals surface area contributed by atoms with Gasteiger partial charge in [0.2, 0.25) is 5.91 Å². The zero-order valence-corrected chi connectivity index (χ0v) is 13.3. The van der Waals surface area contributed by atoms with E-state index in [2.05, 4.69) is 20.8 Å². The van der Waals surface area contributed by atoms with E-state index < -0.39 is 0 Å². The molecule has 0 saturated carbocycles. The number of nitrogens with zero attached hydrogens (tertiary/aromatic N) is 2. The number of fused-ring (bicyclic) bond motifs is 2. The lowest BCUT2D eigenvalue weighted by Crippen LogP contribution is -2.40. The van der Waals surface area contributed by atoms with Crippen molar-refractivity contribution in [3.8, 4) is 0 Å². The van der Waals surface area contributed by atoms with Crippen molar-refractivity contribution in [1.29, 1.82) is 0 Å². The lowest BCUT2D eigenvalue weighted by Gasteiger charge is -2.17. The molecule has 1 aromatic carbocycles. The molecule has 4 rings (SSSR count). The number of rotatable bonds is 3. The number of nitrogens with one attached hydrogen (secondary N) is 3. The Hall–Kier alpha value is -2.67. The van der Waals surface area contributed by atoms with Crippen LogP contribution >= 0.6 is 0 Å². The number of aromatic nitrogens is 2. The van der Waals surface area contributed by atoms with Crippen molar-refractivity contribution in [2.24, 2.45) is 0 Å². The van der Waals surface area contributed by atoms with E-state index in [1.54, 1.807) is 4.90 Å². The number of anilines is 1. The number of amides is 2. The summed E-state index contributed by atoms with van der Waals surface area (Å²) in [4.78, 5) is 26.5. The highest BCUT2D eigenvalue weighted by Crippen LogP contribution is 2.27. The summed E-state index contributed by atoms with van der Waals surface area (Å²) in [5.74, 6) is -0.409. The lowest BCUT2D eigenvalue weighted by molar-refractivity contribution is -0.117. The van der Waals surface area contributed by atoms with E-state index in [0.717, 1.165) is 36.3 Å². The summed E-state index contributed by atoms with van der Waals surface area (Å²) in [6, 6.07) is 7.87. The van der Waals surface area contributed by atoms with Crippen LogP contribution in [0.25, 0.3) is 0 Å². The monoisotopic (exact) mass is 325 g/mol. The number of carbonyl (C=O) groups is 2. The minimum atomic E-state index is -0.308. The van der Waals surface area contributed by atoms with Gasteiger partial charge < -0.3 is 15.5 Å². The molecule has 3 N–H and O–H groups in total. The molecule has 124 valence electrons. The van der Waals surface area contributed by atoms with Crippen LogP contribution in [0.1, 0.15) is 27.3 Å². The van der Waals surface area contributed by atoms with Crippen LogP contribution < -0.4 is 15.5 Å². The molecule has 7 nitrogen and oxygen atoms in total. The van der Waals surface area contributed by atoms with Crippen molar-refractivity contribution in [1.82, 2.24) is 20.8 Å². The molecule has 2 amide bonds. The van der Waals surface area contributed by atoms with E-state index in [1.165, 1.54) is 5.56 Å². The number of carbonyl (C=O) groups excluding carboxylic acids is 2. The SMILES string of the molecule is O=C(NCC(=O)N1CCc2ccccc21)c1n[nH]c2c1CNCC2. The molecule has 3 heterocycles. The normalized spacial score (nSPS) is 15.8. The Balaban J connectivity index is 1.41. The molecular weight excluding hydrogens is 306 g/mol. The summed E-state index contributed by atoms with van der Waals surface area (Å²) < 4.78 is 0. The Kier molecular flexibility index (Phi) is 3.78. The molecule has 0 bridgehead atoms. The third-order valence-electron chi connectivity index (χ3n) is 4.61. The van der Waals surface area contributed by atoms with Crippen molar-refractivity contribution >= 4 is 17.5 Å². The fraction of sp³-hybridized carbons (Fsp3) is 0.353. The fourth-order valence-corrected chi connectivity index (χ4v) is 3.35. The predicted molar refractivity (Wildman–Crippen MR) is 88.8 cm³/mol. The molecule has 2 aliphatic heterocycles.